The average molecular weight is 587 g/mol. The van der Waals surface area contributed by atoms with E-state index in [1.165, 1.54) is 4.90 Å². The Balaban J connectivity index is 0.00000484. The van der Waals surface area contributed by atoms with Crippen LogP contribution in [0.2, 0.25) is 0 Å². The van der Waals surface area contributed by atoms with E-state index in [1.807, 2.05) is 32.1 Å². The van der Waals surface area contributed by atoms with Crippen molar-refractivity contribution in [2.75, 3.05) is 46.7 Å². The fourth-order valence-electron chi connectivity index (χ4n) is 7.02. The molecular weight excluding hydrogens is 540 g/mol. The lowest BCUT2D eigenvalue weighted by molar-refractivity contribution is -0.153. The zero-order valence-corrected chi connectivity index (χ0v) is 25.1. The number of fused-ring (bicyclic) bond motifs is 3. The fourth-order valence-corrected chi connectivity index (χ4v) is 7.02. The van der Waals surface area contributed by atoms with Gasteiger partial charge in [-0.3, -0.25) is 19.3 Å². The molecule has 11 heteroatoms. The van der Waals surface area contributed by atoms with Gasteiger partial charge in [0, 0.05) is 49.9 Å². The maximum atomic E-state index is 14.1. The number of likely N-dealkylation sites (N-methyl/N-ethyl adjacent to an activating group) is 1. The highest BCUT2D eigenvalue weighted by molar-refractivity contribution is 6.24. The largest absolute Gasteiger partial charge is 0.508 e. The number of rotatable bonds is 6. The quantitative estimate of drug-likeness (QED) is 0.312. The normalized spacial score (nSPS) is 25.7. The zero-order valence-electron chi connectivity index (χ0n) is 25.1. The number of carbonyl (C=O) groups excluding carboxylic acids is 3. The van der Waals surface area contributed by atoms with E-state index in [4.69, 9.17) is 5.73 Å². The van der Waals surface area contributed by atoms with Gasteiger partial charge in [0.25, 0.3) is 5.91 Å². The van der Waals surface area contributed by atoms with Crippen LogP contribution in [0.4, 0.5) is 5.69 Å². The van der Waals surface area contributed by atoms with Gasteiger partial charge in [-0.25, -0.2) is 0 Å². The van der Waals surface area contributed by atoms with Crippen LogP contribution in [0.3, 0.4) is 0 Å². The van der Waals surface area contributed by atoms with Crippen LogP contribution in [0.5, 0.6) is 5.75 Å². The van der Waals surface area contributed by atoms with Crippen molar-refractivity contribution in [1.82, 2.24) is 9.80 Å². The van der Waals surface area contributed by atoms with Crippen molar-refractivity contribution >= 4 is 28.9 Å². The summed E-state index contributed by atoms with van der Waals surface area (Å²) in [5.74, 6) is -6.52. The van der Waals surface area contributed by atoms with Crippen LogP contribution in [0, 0.1) is 17.3 Å². The number of ketones is 2. The van der Waals surface area contributed by atoms with Crippen molar-refractivity contribution in [3.8, 4) is 5.75 Å². The van der Waals surface area contributed by atoms with E-state index >= 15 is 0 Å². The molecule has 1 aromatic carbocycles. The number of Topliss-reactive ketones (excluding diaryl/α,β-unsaturated/α-hetero) is 2. The van der Waals surface area contributed by atoms with Gasteiger partial charge in [-0.15, -0.1) is 0 Å². The summed E-state index contributed by atoms with van der Waals surface area (Å²) in [6, 6.07) is 0.766. The molecule has 0 bridgehead atoms. The first-order valence-electron chi connectivity index (χ1n) is 13.7. The summed E-state index contributed by atoms with van der Waals surface area (Å²) in [7, 11) is 8.80. The van der Waals surface area contributed by atoms with Crippen molar-refractivity contribution in [2.45, 2.75) is 59.2 Å². The standard InChI is InChI=1S/C30H42N4O7.CH4/c1-29(2,3)13-34(8)12-15-11-18(32(4)5)16-9-14-10-17-22(33(6)7)25(37)21(28(31)40)27(39)30(17,41)26(38)19(14)24(36)20(16)23(15)35;/h11,14,17,22,35-36,39,41H,9-10,12-13H2,1-8H3,(H2,31,40);1H4/t14-,17-,22-,30-;/m0./s1. The van der Waals surface area contributed by atoms with E-state index in [0.717, 1.165) is 12.2 Å². The highest BCUT2D eigenvalue weighted by Gasteiger charge is 2.64. The summed E-state index contributed by atoms with van der Waals surface area (Å²) in [6.45, 7) is 7.44. The Kier molecular flexibility index (Phi) is 8.68. The van der Waals surface area contributed by atoms with Gasteiger partial charge < -0.3 is 36.0 Å². The molecule has 0 aromatic heterocycles. The lowest BCUT2D eigenvalue weighted by Gasteiger charge is -2.50. The Hall–Kier alpha value is -3.41. The van der Waals surface area contributed by atoms with Crippen LogP contribution < -0.4 is 10.6 Å². The molecule has 11 nitrogen and oxygen atoms in total. The fraction of sp³-hybridized carbons (Fsp3) is 0.581. The third-order valence-corrected chi connectivity index (χ3v) is 8.44. The smallest absolute Gasteiger partial charge is 0.255 e. The van der Waals surface area contributed by atoms with E-state index in [0.29, 0.717) is 17.7 Å². The molecule has 0 saturated heterocycles. The number of benzene rings is 1. The molecule has 4 atom stereocenters. The van der Waals surface area contributed by atoms with Crippen LogP contribution in [-0.4, -0.2) is 101 Å². The molecule has 1 aromatic rings. The van der Waals surface area contributed by atoms with Gasteiger partial charge >= 0.3 is 0 Å². The van der Waals surface area contributed by atoms with E-state index in [-0.39, 0.29) is 42.6 Å². The number of hydrogen-bond acceptors (Lipinski definition) is 10. The number of nitrogens with two attached hydrogens (primary N) is 1. The minimum absolute atomic E-state index is 0. The molecule has 1 amide bonds. The molecule has 3 aliphatic carbocycles. The molecule has 3 aliphatic rings. The second-order valence-electron chi connectivity index (χ2n) is 13.3. The number of phenolic OH excluding ortho intramolecular Hbond substituents is 1. The van der Waals surface area contributed by atoms with Gasteiger partial charge in [-0.1, -0.05) is 28.2 Å². The number of aliphatic hydroxyl groups excluding tert-OH is 2. The maximum absolute atomic E-state index is 14.1. The van der Waals surface area contributed by atoms with Crippen molar-refractivity contribution < 1.29 is 34.8 Å². The molecule has 1 fully saturated rings. The predicted octanol–water partition coefficient (Wildman–Crippen LogP) is 2.14. The molecule has 0 spiro atoms. The molecule has 0 unspecified atom stereocenters. The lowest BCUT2D eigenvalue weighted by atomic mass is 9.57. The molecule has 42 heavy (non-hydrogen) atoms. The van der Waals surface area contributed by atoms with Crippen LogP contribution >= 0.6 is 0 Å². The minimum Gasteiger partial charge on any atom is -0.508 e. The summed E-state index contributed by atoms with van der Waals surface area (Å²) in [5, 5.41) is 45.9. The van der Waals surface area contributed by atoms with Crippen LogP contribution in [0.1, 0.15) is 51.3 Å². The Labute approximate surface area is 247 Å². The number of hydrogen-bond donors (Lipinski definition) is 5. The minimum atomic E-state index is -2.66. The summed E-state index contributed by atoms with van der Waals surface area (Å²) < 4.78 is 0. The highest BCUT2D eigenvalue weighted by atomic mass is 16.3. The van der Waals surface area contributed by atoms with Gasteiger partial charge in [-0.2, -0.15) is 0 Å². The van der Waals surface area contributed by atoms with Gasteiger partial charge in [0.15, 0.2) is 11.4 Å². The molecule has 232 valence electrons. The molecule has 1 saturated carbocycles. The topological polar surface area (TPSA) is 168 Å². The Bertz CT molecular complexity index is 1390. The highest BCUT2D eigenvalue weighted by Crippen LogP contribution is 2.54. The predicted molar refractivity (Wildman–Crippen MR) is 161 cm³/mol. The zero-order chi connectivity index (χ0) is 30.9. The first kappa shape index (κ1) is 33.1. The Morgan fingerprint density at radius 2 is 1.69 bits per heavy atom. The summed E-state index contributed by atoms with van der Waals surface area (Å²) >= 11 is 0. The van der Waals surface area contributed by atoms with Gasteiger partial charge in [0.2, 0.25) is 5.78 Å². The van der Waals surface area contributed by atoms with Crippen molar-refractivity contribution in [3.05, 3.63) is 39.7 Å². The summed E-state index contributed by atoms with van der Waals surface area (Å²) in [6.07, 6.45) is 0.295. The summed E-state index contributed by atoms with van der Waals surface area (Å²) in [5.41, 5.74) is 3.82. The first-order chi connectivity index (χ1) is 18.8. The number of amides is 1. The second kappa shape index (κ2) is 11.0. The number of primary amides is 1. The third-order valence-electron chi connectivity index (χ3n) is 8.44. The van der Waals surface area contributed by atoms with Gasteiger partial charge in [-0.05, 0) is 56.9 Å². The Morgan fingerprint density at radius 3 is 2.19 bits per heavy atom. The molecule has 0 heterocycles. The molecule has 0 aliphatic heterocycles. The molecule has 4 rings (SSSR count). The Morgan fingerprint density at radius 1 is 1.10 bits per heavy atom. The van der Waals surface area contributed by atoms with Crippen LogP contribution in [-0.2, 0) is 27.3 Å². The van der Waals surface area contributed by atoms with E-state index in [2.05, 4.69) is 25.7 Å². The maximum Gasteiger partial charge on any atom is 0.255 e. The van der Waals surface area contributed by atoms with Crippen molar-refractivity contribution in [3.63, 3.8) is 0 Å². The second-order valence-corrected chi connectivity index (χ2v) is 13.3. The van der Waals surface area contributed by atoms with E-state index in [1.54, 1.807) is 14.1 Å². The summed E-state index contributed by atoms with van der Waals surface area (Å²) in [4.78, 5) is 45.0. The molecule has 0 radical (unpaired) electrons. The SMILES string of the molecule is C.CN(Cc1cc(N(C)C)c2c(c1O)C(O)=C1C(=O)[C@]3(O)C(O)=C(C(N)=O)C(=O)[C@@H](N(C)C)[C@@H]3C[C@@H]1C2)CC(C)(C)C. The number of phenols is 1. The monoisotopic (exact) mass is 586 g/mol. The molecule has 6 N–H and O–H groups in total. The van der Waals surface area contributed by atoms with Crippen molar-refractivity contribution in [1.29, 1.82) is 0 Å². The number of aromatic hydroxyl groups is 1. The third kappa shape index (κ3) is 5.07. The van der Waals surface area contributed by atoms with Gasteiger partial charge in [0.05, 0.1) is 11.6 Å². The number of aliphatic hydroxyl groups is 3. The van der Waals surface area contributed by atoms with E-state index in [9.17, 15) is 34.8 Å². The van der Waals surface area contributed by atoms with E-state index < -0.39 is 58.0 Å². The lowest BCUT2D eigenvalue weighted by Crippen LogP contribution is -2.65. The average Bonchev–Trinajstić information content (AvgIpc) is 2.81. The first-order valence-corrected chi connectivity index (χ1v) is 13.7. The number of carbonyl (C=O) groups is 3. The molecular formula is C31H46N4O7. The van der Waals surface area contributed by atoms with Crippen molar-refractivity contribution in [2.24, 2.45) is 23.0 Å². The number of anilines is 1. The van der Waals surface area contributed by atoms with Crippen LogP contribution in [0.15, 0.2) is 23.0 Å². The van der Waals surface area contributed by atoms with Crippen LogP contribution in [0.25, 0.3) is 5.76 Å². The van der Waals surface area contributed by atoms with Gasteiger partial charge in [0.1, 0.15) is 22.8 Å². The number of nitrogens with zero attached hydrogens (tertiary/aromatic N) is 3.